The molecule has 6 amide bonds. The highest BCUT2D eigenvalue weighted by atomic mass is 16.5. The zero-order chi connectivity index (χ0) is 50.6. The van der Waals surface area contributed by atoms with Crippen LogP contribution in [0.4, 0.5) is 0 Å². The number of carbonyl (C=O) groups excluding carboxylic acids is 6. The second-order valence-electron chi connectivity index (χ2n) is 17.8. The van der Waals surface area contributed by atoms with Crippen LogP contribution in [-0.4, -0.2) is 115 Å². The maximum absolute atomic E-state index is 14.8. The van der Waals surface area contributed by atoms with Gasteiger partial charge in [-0.3, -0.25) is 28.8 Å². The number of rotatable bonds is 16. The number of carbonyl (C=O) groups is 6. The lowest BCUT2D eigenvalue weighted by Crippen LogP contribution is -2.56. The minimum Gasteiger partial charge on any atom is -0.492 e. The molecule has 1 aliphatic heterocycles. The monoisotopic (exact) mass is 945 g/mol. The lowest BCUT2D eigenvalue weighted by Gasteiger charge is -2.32. The molecule has 5 rings (SSSR count). The molecule has 0 spiro atoms. The van der Waals surface area contributed by atoms with E-state index < -0.39 is 53.7 Å². The smallest absolute Gasteiger partial charge is 0.255 e. The van der Waals surface area contributed by atoms with Gasteiger partial charge in [-0.15, -0.1) is 0 Å². The molecule has 0 unspecified atom stereocenters. The fourth-order valence-electron chi connectivity index (χ4n) is 7.87. The van der Waals surface area contributed by atoms with Crippen LogP contribution in [-0.2, 0) is 35.8 Å². The van der Waals surface area contributed by atoms with Gasteiger partial charge in [-0.05, 0) is 80.1 Å². The van der Waals surface area contributed by atoms with Crippen LogP contribution >= 0.6 is 0 Å². The Balaban J connectivity index is 1.58. The van der Waals surface area contributed by atoms with Gasteiger partial charge in [0.25, 0.3) is 5.91 Å². The number of nitrogens with one attached hydrogen (secondary N) is 5. The highest BCUT2D eigenvalue weighted by Gasteiger charge is 2.36. The molecule has 19 nitrogen and oxygen atoms in total. The van der Waals surface area contributed by atoms with Crippen LogP contribution in [0.1, 0.15) is 85.5 Å². The average Bonchev–Trinajstić information content (AvgIpc) is 3.30. The summed E-state index contributed by atoms with van der Waals surface area (Å²) in [5.41, 5.74) is 16.4. The molecule has 4 bridgehead atoms. The Morgan fingerprint density at radius 1 is 0.884 bits per heavy atom. The van der Waals surface area contributed by atoms with Gasteiger partial charge in [-0.1, -0.05) is 57.2 Å². The Hall–Kier alpha value is -7.43. The fourth-order valence-corrected chi connectivity index (χ4v) is 7.87. The Morgan fingerprint density at radius 3 is 2.13 bits per heavy atom. The Bertz CT molecular complexity index is 2570. The van der Waals surface area contributed by atoms with Gasteiger partial charge in [0, 0.05) is 43.6 Å². The Kier molecular flexibility index (Phi) is 17.9. The van der Waals surface area contributed by atoms with Crippen molar-refractivity contribution in [3.8, 4) is 40.1 Å². The topological polar surface area (TPSA) is 286 Å². The van der Waals surface area contributed by atoms with E-state index in [4.69, 9.17) is 20.9 Å². The van der Waals surface area contributed by atoms with E-state index in [1.165, 1.54) is 25.8 Å². The van der Waals surface area contributed by atoms with Crippen molar-refractivity contribution in [2.24, 2.45) is 11.5 Å². The van der Waals surface area contributed by atoms with Gasteiger partial charge in [0.2, 0.25) is 29.5 Å². The molecule has 0 saturated carbocycles. The maximum atomic E-state index is 14.8. The number of amides is 6. The zero-order valence-corrected chi connectivity index (χ0v) is 40.4. The highest BCUT2D eigenvalue weighted by molar-refractivity contribution is 6.00. The molecule has 19 heteroatoms. The number of ether oxygens (including phenoxy) is 2. The highest BCUT2D eigenvalue weighted by Crippen LogP contribution is 2.40. The van der Waals surface area contributed by atoms with Crippen LogP contribution < -0.4 is 47.5 Å². The minimum absolute atomic E-state index is 0.0158. The van der Waals surface area contributed by atoms with Crippen molar-refractivity contribution in [1.82, 2.24) is 41.5 Å². The summed E-state index contributed by atoms with van der Waals surface area (Å²) < 4.78 is 12.3. The molecule has 0 fully saturated rings. The first-order valence-electron chi connectivity index (χ1n) is 22.7. The van der Waals surface area contributed by atoms with Crippen LogP contribution in [0.5, 0.6) is 11.5 Å². The largest absolute Gasteiger partial charge is 0.492 e. The van der Waals surface area contributed by atoms with Crippen molar-refractivity contribution >= 4 is 35.4 Å². The predicted octanol–water partition coefficient (Wildman–Crippen LogP) is 2.41. The summed E-state index contributed by atoms with van der Waals surface area (Å²) in [6.45, 7) is 12.7. The van der Waals surface area contributed by atoms with E-state index in [1.807, 2.05) is 30.3 Å². The SMILES string of the molecule is CC(=O)NCCOc1ccc2cc1-c1cc(ccc1OCCN)[C@H](N(C)C(=O)[C@H](CCN)NC(=O)c1c(C)nc(-c3ccc(C(C)(C)C)cc3)nc1C)C(=O)N[C@@H](C)C(=O)N[C@H](C(=O)NCC#N)C2. The average molecular weight is 946 g/mol. The molecule has 9 N–H and O–H groups in total. The number of nitriles is 1. The van der Waals surface area contributed by atoms with E-state index in [-0.39, 0.29) is 74.7 Å². The molecule has 3 aromatic carbocycles. The van der Waals surface area contributed by atoms with E-state index in [2.05, 4.69) is 57.3 Å². The molecule has 4 aromatic rings. The predicted molar refractivity (Wildman–Crippen MR) is 259 cm³/mol. The standard InChI is InChI=1S/C50H63N11O8/c1-28-42(29(2)57-44(56-28)33-10-13-35(14-11-33)50(5,6)7)47(65)59-38(17-18-51)49(67)61(8)43-34-12-16-41(68-23-20-53)37(27-34)36-25-32(9-15-40(36)69-24-22-54-31(4)62)26-39(46(64)55-21-19-52)60-45(63)30(3)58-48(43)66/h9-16,25,27,30,38-39,43H,17-18,20-24,26,51,53H2,1-8H3,(H,54,62)(H,55,64)(H,58,66)(H,59,65)(H,60,63)/t30-,38-,39-,43-/m0/s1. The summed E-state index contributed by atoms with van der Waals surface area (Å²) in [6.07, 6.45) is -0.0476. The zero-order valence-electron chi connectivity index (χ0n) is 40.4. The summed E-state index contributed by atoms with van der Waals surface area (Å²) in [4.78, 5) is 93.0. The van der Waals surface area contributed by atoms with Crippen LogP contribution in [0.3, 0.4) is 0 Å². The first-order chi connectivity index (χ1) is 32.8. The lowest BCUT2D eigenvalue weighted by molar-refractivity contribution is -0.141. The number of aryl methyl sites for hydroxylation is 2. The number of hydrogen-bond acceptors (Lipinski definition) is 13. The van der Waals surface area contributed by atoms with Gasteiger partial charge >= 0.3 is 0 Å². The number of likely N-dealkylation sites (N-methyl/N-ethyl adjacent to an activating group) is 1. The van der Waals surface area contributed by atoms with E-state index in [0.717, 1.165) is 11.1 Å². The van der Waals surface area contributed by atoms with Crippen molar-refractivity contribution < 1.29 is 38.2 Å². The molecule has 0 saturated heterocycles. The first-order valence-corrected chi connectivity index (χ1v) is 22.7. The molecular formula is C50H63N11O8. The normalized spacial score (nSPS) is 16.3. The van der Waals surface area contributed by atoms with Crippen molar-refractivity contribution in [1.29, 1.82) is 5.26 Å². The van der Waals surface area contributed by atoms with Gasteiger partial charge in [0.05, 0.1) is 29.6 Å². The van der Waals surface area contributed by atoms with E-state index in [1.54, 1.807) is 50.2 Å². The molecule has 366 valence electrons. The van der Waals surface area contributed by atoms with Gasteiger partial charge in [0.1, 0.15) is 55.4 Å². The molecule has 2 heterocycles. The molecule has 4 atom stereocenters. The first kappa shape index (κ1) is 52.5. The number of benzene rings is 3. The van der Waals surface area contributed by atoms with E-state index in [0.29, 0.717) is 45.4 Å². The summed E-state index contributed by atoms with van der Waals surface area (Å²) >= 11 is 0. The fraction of sp³-hybridized carbons (Fsp3) is 0.420. The number of hydrogen-bond donors (Lipinski definition) is 7. The third-order valence-electron chi connectivity index (χ3n) is 11.5. The number of fused-ring (bicyclic) bond motifs is 5. The number of aromatic nitrogens is 2. The summed E-state index contributed by atoms with van der Waals surface area (Å²) in [5, 5.41) is 22.6. The number of nitrogens with two attached hydrogens (primary N) is 2. The van der Waals surface area contributed by atoms with Crippen LogP contribution in [0.15, 0.2) is 60.7 Å². The van der Waals surface area contributed by atoms with Gasteiger partial charge < -0.3 is 52.4 Å². The molecule has 0 radical (unpaired) electrons. The van der Waals surface area contributed by atoms with E-state index >= 15 is 0 Å². The summed E-state index contributed by atoms with van der Waals surface area (Å²) in [5.74, 6) is -2.57. The van der Waals surface area contributed by atoms with Gasteiger partial charge in [-0.25, -0.2) is 9.97 Å². The molecule has 0 aliphatic carbocycles. The Labute approximate surface area is 402 Å². The Morgan fingerprint density at radius 2 is 1.52 bits per heavy atom. The molecule has 1 aromatic heterocycles. The van der Waals surface area contributed by atoms with Crippen molar-refractivity contribution in [3.05, 3.63) is 94.3 Å². The van der Waals surface area contributed by atoms with E-state index in [9.17, 15) is 34.0 Å². The molecule has 1 aliphatic rings. The van der Waals surface area contributed by atoms with Crippen LogP contribution in [0, 0.1) is 25.2 Å². The van der Waals surface area contributed by atoms with Crippen molar-refractivity contribution in [3.63, 3.8) is 0 Å². The van der Waals surface area contributed by atoms with Crippen LogP contribution in [0.2, 0.25) is 0 Å². The van der Waals surface area contributed by atoms with Crippen molar-refractivity contribution in [2.75, 3.05) is 46.4 Å². The molecule has 69 heavy (non-hydrogen) atoms. The summed E-state index contributed by atoms with van der Waals surface area (Å²) in [7, 11) is 1.40. The lowest BCUT2D eigenvalue weighted by atomic mass is 9.86. The third kappa shape index (κ3) is 13.4. The van der Waals surface area contributed by atoms with Gasteiger partial charge in [0.15, 0.2) is 5.82 Å². The maximum Gasteiger partial charge on any atom is 0.255 e. The van der Waals surface area contributed by atoms with Gasteiger partial charge in [-0.2, -0.15) is 5.26 Å². The number of nitrogens with zero attached hydrogens (tertiary/aromatic N) is 4. The second kappa shape index (κ2) is 23.5. The van der Waals surface area contributed by atoms with Crippen LogP contribution in [0.25, 0.3) is 22.5 Å². The van der Waals surface area contributed by atoms with Crippen molar-refractivity contribution in [2.45, 2.75) is 90.9 Å². The third-order valence-corrected chi connectivity index (χ3v) is 11.5. The quantitative estimate of drug-likeness (QED) is 0.0629. The minimum atomic E-state index is -1.44. The summed E-state index contributed by atoms with van der Waals surface area (Å²) in [6, 6.07) is 14.7. The molecular weight excluding hydrogens is 883 g/mol. The second-order valence-corrected chi connectivity index (χ2v) is 17.8.